The molecule has 8 nitrogen and oxygen atoms in total. The lowest BCUT2D eigenvalue weighted by molar-refractivity contribution is 0.0946. The number of carbonyl (C=O) groups excluding carboxylic acids is 1. The van der Waals surface area contributed by atoms with E-state index >= 15 is 0 Å². The van der Waals surface area contributed by atoms with Crippen molar-refractivity contribution >= 4 is 11.4 Å². The van der Waals surface area contributed by atoms with Gasteiger partial charge in [0.2, 0.25) is 0 Å². The van der Waals surface area contributed by atoms with Crippen LogP contribution in [0.3, 0.4) is 0 Å². The number of rotatable bonds is 4. The van der Waals surface area contributed by atoms with Gasteiger partial charge >= 0.3 is 0 Å². The van der Waals surface area contributed by atoms with Gasteiger partial charge in [-0.3, -0.25) is 9.36 Å². The Kier molecular flexibility index (Phi) is 3.47. The van der Waals surface area contributed by atoms with Crippen LogP contribution in [0.4, 0.5) is 0 Å². The third-order valence-electron chi connectivity index (χ3n) is 3.61. The molecule has 0 radical (unpaired) electrons. The van der Waals surface area contributed by atoms with Gasteiger partial charge in [-0.2, -0.15) is 5.10 Å². The smallest absolute Gasteiger partial charge is 0.270 e. The molecule has 0 saturated carbocycles. The molecule has 0 bridgehead atoms. The molecule has 1 N–H and O–H groups in total. The van der Waals surface area contributed by atoms with Crippen molar-refractivity contribution in [3.05, 3.63) is 72.7 Å². The Morgan fingerprint density at radius 3 is 2.83 bits per heavy atom. The number of nitrogens with one attached hydrogen (secondary N) is 1. The van der Waals surface area contributed by atoms with Gasteiger partial charge in [0, 0.05) is 18.9 Å². The maximum absolute atomic E-state index is 12.4. The normalized spacial score (nSPS) is 10.8. The fourth-order valence-electron chi connectivity index (χ4n) is 2.44. The number of amides is 1. The number of aromatic nitrogens is 6. The van der Waals surface area contributed by atoms with E-state index in [1.54, 1.807) is 33.5 Å². The highest BCUT2D eigenvalue weighted by molar-refractivity contribution is 5.92. The van der Waals surface area contributed by atoms with Crippen molar-refractivity contribution in [2.75, 3.05) is 0 Å². The first kappa shape index (κ1) is 14.1. The summed E-state index contributed by atoms with van der Waals surface area (Å²) in [4.78, 5) is 16.7. The van der Waals surface area contributed by atoms with Gasteiger partial charge in [-0.05, 0) is 29.8 Å². The van der Waals surface area contributed by atoms with Gasteiger partial charge in [-0.15, -0.1) is 10.2 Å². The molecule has 0 atom stereocenters. The summed E-state index contributed by atoms with van der Waals surface area (Å²) in [7, 11) is 0. The lowest BCUT2D eigenvalue weighted by atomic mass is 10.2. The third-order valence-corrected chi connectivity index (χ3v) is 3.61. The molecule has 0 aliphatic rings. The number of hydrogen-bond donors (Lipinski definition) is 1. The maximum atomic E-state index is 12.4. The Morgan fingerprint density at radius 2 is 1.96 bits per heavy atom. The second-order valence-corrected chi connectivity index (χ2v) is 5.13. The molecule has 0 aliphatic carbocycles. The predicted molar refractivity (Wildman–Crippen MR) is 85.5 cm³/mol. The Hall–Kier alpha value is -3.55. The first-order valence-electron chi connectivity index (χ1n) is 7.33. The van der Waals surface area contributed by atoms with E-state index < -0.39 is 0 Å². The van der Waals surface area contributed by atoms with E-state index in [2.05, 4.69) is 25.6 Å². The van der Waals surface area contributed by atoms with Gasteiger partial charge in [0.05, 0.1) is 5.52 Å². The zero-order chi connectivity index (χ0) is 16.4. The molecular weight excluding hydrogens is 306 g/mol. The van der Waals surface area contributed by atoms with E-state index in [1.807, 2.05) is 24.4 Å². The van der Waals surface area contributed by atoms with Crippen molar-refractivity contribution in [2.45, 2.75) is 6.54 Å². The molecule has 4 heterocycles. The van der Waals surface area contributed by atoms with Crippen molar-refractivity contribution in [2.24, 2.45) is 0 Å². The van der Waals surface area contributed by atoms with Crippen LogP contribution in [0.1, 0.15) is 16.1 Å². The molecule has 0 fully saturated rings. The van der Waals surface area contributed by atoms with Gasteiger partial charge in [0.25, 0.3) is 5.91 Å². The quantitative estimate of drug-likeness (QED) is 0.611. The fraction of sp³-hybridized carbons (Fsp3) is 0.0625. The summed E-state index contributed by atoms with van der Waals surface area (Å²) >= 11 is 0. The van der Waals surface area contributed by atoms with Gasteiger partial charge in [0.1, 0.15) is 24.2 Å². The maximum Gasteiger partial charge on any atom is 0.270 e. The van der Waals surface area contributed by atoms with Crippen molar-refractivity contribution in [1.82, 2.24) is 34.7 Å². The standard InChI is InChI=1S/C16H13N7O/c24-16(13-4-1-5-15(21-13)22-10-18-19-11-22)17-9-12-3-2-8-23-14(12)6-7-20-23/h1-8,10-11H,9H2,(H,17,24). The minimum atomic E-state index is -0.244. The number of carbonyl (C=O) groups is 1. The SMILES string of the molecule is O=C(NCc1cccn2nccc12)c1cccc(-n2cnnc2)n1. The molecule has 0 saturated heterocycles. The van der Waals surface area contributed by atoms with Gasteiger partial charge < -0.3 is 5.32 Å². The van der Waals surface area contributed by atoms with Gasteiger partial charge in [-0.1, -0.05) is 12.1 Å². The van der Waals surface area contributed by atoms with Gasteiger partial charge in [-0.25, -0.2) is 9.50 Å². The second-order valence-electron chi connectivity index (χ2n) is 5.13. The summed E-state index contributed by atoms with van der Waals surface area (Å²) in [5, 5.41) is 14.5. The molecule has 8 heteroatoms. The summed E-state index contributed by atoms with van der Waals surface area (Å²) in [6.45, 7) is 0.396. The fourth-order valence-corrected chi connectivity index (χ4v) is 2.44. The van der Waals surface area contributed by atoms with Crippen molar-refractivity contribution in [3.8, 4) is 5.82 Å². The van der Waals surface area contributed by atoms with E-state index in [0.717, 1.165) is 11.1 Å². The van der Waals surface area contributed by atoms with Crippen molar-refractivity contribution in [3.63, 3.8) is 0 Å². The Balaban J connectivity index is 1.52. The topological polar surface area (TPSA) is 90.0 Å². The molecule has 0 unspecified atom stereocenters. The highest BCUT2D eigenvalue weighted by atomic mass is 16.1. The van der Waals surface area contributed by atoms with Crippen LogP contribution in [0.2, 0.25) is 0 Å². The van der Waals surface area contributed by atoms with Crippen molar-refractivity contribution in [1.29, 1.82) is 0 Å². The first-order chi connectivity index (χ1) is 11.8. The van der Waals surface area contributed by atoms with Crippen LogP contribution in [0.15, 0.2) is 61.4 Å². The van der Waals surface area contributed by atoms with E-state index in [1.165, 1.54) is 12.7 Å². The van der Waals surface area contributed by atoms with Crippen LogP contribution in [0.25, 0.3) is 11.3 Å². The minimum absolute atomic E-state index is 0.244. The molecule has 4 aromatic heterocycles. The van der Waals surface area contributed by atoms with Gasteiger partial charge in [0.15, 0.2) is 0 Å². The first-order valence-corrected chi connectivity index (χ1v) is 7.33. The van der Waals surface area contributed by atoms with Crippen LogP contribution >= 0.6 is 0 Å². The summed E-state index contributed by atoms with van der Waals surface area (Å²) in [6.07, 6.45) is 6.66. The highest BCUT2D eigenvalue weighted by Crippen LogP contribution is 2.10. The van der Waals surface area contributed by atoms with Crippen LogP contribution in [-0.2, 0) is 6.54 Å². The lowest BCUT2D eigenvalue weighted by Crippen LogP contribution is -2.24. The molecule has 0 aliphatic heterocycles. The zero-order valence-corrected chi connectivity index (χ0v) is 12.6. The Bertz CT molecular complexity index is 991. The molecule has 24 heavy (non-hydrogen) atoms. The average molecular weight is 319 g/mol. The predicted octanol–water partition coefficient (Wildman–Crippen LogP) is 1.24. The average Bonchev–Trinajstić information content (AvgIpc) is 3.31. The zero-order valence-electron chi connectivity index (χ0n) is 12.6. The van der Waals surface area contributed by atoms with Crippen LogP contribution in [-0.4, -0.2) is 35.3 Å². The summed E-state index contributed by atoms with van der Waals surface area (Å²) in [5.74, 6) is 0.344. The summed E-state index contributed by atoms with van der Waals surface area (Å²) in [6, 6.07) is 11.0. The molecule has 4 rings (SSSR count). The van der Waals surface area contributed by atoms with Crippen LogP contribution in [0, 0.1) is 0 Å². The number of hydrogen-bond acceptors (Lipinski definition) is 5. The van der Waals surface area contributed by atoms with Crippen LogP contribution in [0.5, 0.6) is 0 Å². The number of pyridine rings is 2. The Morgan fingerprint density at radius 1 is 1.08 bits per heavy atom. The molecular formula is C16H13N7O. The lowest BCUT2D eigenvalue weighted by Gasteiger charge is -2.07. The summed E-state index contributed by atoms with van der Waals surface area (Å²) < 4.78 is 3.41. The number of fused-ring (bicyclic) bond motifs is 1. The minimum Gasteiger partial charge on any atom is -0.347 e. The van der Waals surface area contributed by atoms with E-state index in [4.69, 9.17) is 0 Å². The van der Waals surface area contributed by atoms with E-state index in [9.17, 15) is 4.79 Å². The molecule has 0 spiro atoms. The Labute approximate surface area is 136 Å². The molecule has 0 aromatic carbocycles. The van der Waals surface area contributed by atoms with E-state index in [-0.39, 0.29) is 5.91 Å². The van der Waals surface area contributed by atoms with Crippen LogP contribution < -0.4 is 5.32 Å². The highest BCUT2D eigenvalue weighted by Gasteiger charge is 2.10. The largest absolute Gasteiger partial charge is 0.347 e. The number of nitrogens with zero attached hydrogens (tertiary/aromatic N) is 6. The molecule has 1 amide bonds. The summed E-state index contributed by atoms with van der Waals surface area (Å²) in [5.41, 5.74) is 2.28. The van der Waals surface area contributed by atoms with E-state index in [0.29, 0.717) is 18.1 Å². The molecule has 118 valence electrons. The van der Waals surface area contributed by atoms with Crippen molar-refractivity contribution < 1.29 is 4.79 Å². The second kappa shape index (κ2) is 5.92. The monoisotopic (exact) mass is 319 g/mol. The third kappa shape index (κ3) is 2.60. The molecule has 4 aromatic rings.